The lowest BCUT2D eigenvalue weighted by molar-refractivity contribution is 0.0951. The molecule has 0 saturated heterocycles. The lowest BCUT2D eigenvalue weighted by Gasteiger charge is -2.10. The smallest absolute Gasteiger partial charge is 0.407 e. The molecule has 1 aromatic carbocycles. The van der Waals surface area contributed by atoms with E-state index in [0.717, 1.165) is 17.0 Å². The average Bonchev–Trinajstić information content (AvgIpc) is 3.13. The van der Waals surface area contributed by atoms with Crippen LogP contribution in [0.25, 0.3) is 5.78 Å². The summed E-state index contributed by atoms with van der Waals surface area (Å²) < 4.78 is 6.49. The SMILES string of the molecule is CCOC(=O)NCCNC(=O)c1ccccc1CSc1nc2nc(C)cc(C)n2n1. The number of alkyl carbamates (subject to hydrolysis) is 1. The number of fused-ring (bicyclic) bond motifs is 1. The molecule has 0 saturated carbocycles. The molecule has 0 aliphatic heterocycles. The van der Waals surface area contributed by atoms with Gasteiger partial charge in [-0.15, -0.1) is 5.10 Å². The van der Waals surface area contributed by atoms with Crippen molar-refractivity contribution < 1.29 is 14.3 Å². The minimum atomic E-state index is -0.497. The van der Waals surface area contributed by atoms with Crippen molar-refractivity contribution in [1.82, 2.24) is 30.2 Å². The largest absolute Gasteiger partial charge is 0.450 e. The number of aromatic nitrogens is 4. The van der Waals surface area contributed by atoms with Crippen molar-refractivity contribution in [3.63, 3.8) is 0 Å². The summed E-state index contributed by atoms with van der Waals surface area (Å²) in [4.78, 5) is 32.7. The second kappa shape index (κ2) is 10.1. The van der Waals surface area contributed by atoms with Gasteiger partial charge < -0.3 is 15.4 Å². The Morgan fingerprint density at radius 3 is 2.70 bits per heavy atom. The highest BCUT2D eigenvalue weighted by molar-refractivity contribution is 7.98. The number of thioether (sulfide) groups is 1. The van der Waals surface area contributed by atoms with Crippen LogP contribution in [-0.4, -0.2) is 51.3 Å². The Bertz CT molecular complexity index is 1050. The number of hydrogen-bond acceptors (Lipinski definition) is 7. The third kappa shape index (κ3) is 5.47. The van der Waals surface area contributed by atoms with E-state index in [-0.39, 0.29) is 5.91 Å². The van der Waals surface area contributed by atoms with E-state index in [1.807, 2.05) is 38.1 Å². The van der Waals surface area contributed by atoms with Gasteiger partial charge >= 0.3 is 6.09 Å². The van der Waals surface area contributed by atoms with Gasteiger partial charge in [0.25, 0.3) is 11.7 Å². The van der Waals surface area contributed by atoms with E-state index in [1.165, 1.54) is 11.8 Å². The molecule has 0 fully saturated rings. The van der Waals surface area contributed by atoms with E-state index >= 15 is 0 Å². The Hall–Kier alpha value is -3.14. The highest BCUT2D eigenvalue weighted by Gasteiger charge is 2.13. The molecule has 0 aliphatic rings. The van der Waals surface area contributed by atoms with Crippen LogP contribution in [0, 0.1) is 13.8 Å². The molecule has 3 aromatic rings. The van der Waals surface area contributed by atoms with Crippen molar-refractivity contribution in [3.05, 3.63) is 52.8 Å². The predicted octanol–water partition coefficient (Wildman–Crippen LogP) is 2.51. The van der Waals surface area contributed by atoms with Crippen molar-refractivity contribution >= 4 is 29.5 Å². The third-order valence-corrected chi connectivity index (χ3v) is 5.06. The minimum absolute atomic E-state index is 0.201. The molecule has 10 heteroatoms. The van der Waals surface area contributed by atoms with Gasteiger partial charge in [0.05, 0.1) is 6.61 Å². The Labute approximate surface area is 178 Å². The van der Waals surface area contributed by atoms with E-state index < -0.39 is 6.09 Å². The summed E-state index contributed by atoms with van der Waals surface area (Å²) in [5, 5.41) is 10.5. The van der Waals surface area contributed by atoms with Crippen LogP contribution in [0.15, 0.2) is 35.5 Å². The Kier molecular flexibility index (Phi) is 7.23. The van der Waals surface area contributed by atoms with Crippen LogP contribution >= 0.6 is 11.8 Å². The Balaban J connectivity index is 1.60. The summed E-state index contributed by atoms with van der Waals surface area (Å²) in [6.07, 6.45) is -0.497. The summed E-state index contributed by atoms with van der Waals surface area (Å²) in [5.41, 5.74) is 3.31. The second-order valence-electron chi connectivity index (χ2n) is 6.49. The fourth-order valence-corrected chi connectivity index (χ4v) is 3.66. The molecule has 2 aromatic heterocycles. The molecule has 0 bridgehead atoms. The van der Waals surface area contributed by atoms with E-state index in [0.29, 0.717) is 41.9 Å². The number of nitrogens with one attached hydrogen (secondary N) is 2. The standard InChI is InChI=1S/C20H24N6O3S/c1-4-29-20(28)22-10-9-21-17(27)16-8-6-5-7-15(16)12-30-19-24-18-23-13(2)11-14(3)26(18)25-19/h5-8,11H,4,9-10,12H2,1-3H3,(H,21,27)(H,22,28). The van der Waals surface area contributed by atoms with Gasteiger partial charge in [-0.25, -0.2) is 14.3 Å². The minimum Gasteiger partial charge on any atom is -0.450 e. The fourth-order valence-electron chi connectivity index (χ4n) is 2.84. The summed E-state index contributed by atoms with van der Waals surface area (Å²) in [7, 11) is 0. The summed E-state index contributed by atoms with van der Waals surface area (Å²) in [6, 6.07) is 9.34. The predicted molar refractivity (Wildman–Crippen MR) is 114 cm³/mol. The van der Waals surface area contributed by atoms with Gasteiger partial charge in [-0.2, -0.15) is 4.98 Å². The van der Waals surface area contributed by atoms with Crippen LogP contribution in [0.1, 0.15) is 34.2 Å². The van der Waals surface area contributed by atoms with Crippen molar-refractivity contribution in [1.29, 1.82) is 0 Å². The molecule has 2 N–H and O–H groups in total. The maximum absolute atomic E-state index is 12.6. The van der Waals surface area contributed by atoms with E-state index in [9.17, 15) is 9.59 Å². The normalized spacial score (nSPS) is 10.8. The average molecular weight is 429 g/mol. The quantitative estimate of drug-likeness (QED) is 0.419. The van der Waals surface area contributed by atoms with Gasteiger partial charge in [-0.05, 0) is 38.5 Å². The first-order valence-electron chi connectivity index (χ1n) is 9.58. The van der Waals surface area contributed by atoms with Crippen LogP contribution < -0.4 is 10.6 Å². The van der Waals surface area contributed by atoms with Crippen molar-refractivity contribution in [2.24, 2.45) is 0 Å². The van der Waals surface area contributed by atoms with E-state index in [4.69, 9.17) is 4.74 Å². The molecule has 158 valence electrons. The van der Waals surface area contributed by atoms with Crippen molar-refractivity contribution in [2.75, 3.05) is 19.7 Å². The highest BCUT2D eigenvalue weighted by Crippen LogP contribution is 2.22. The molecule has 2 amide bonds. The monoisotopic (exact) mass is 428 g/mol. The number of ether oxygens (including phenoxy) is 1. The zero-order valence-electron chi connectivity index (χ0n) is 17.1. The first kappa shape index (κ1) is 21.6. The highest BCUT2D eigenvalue weighted by atomic mass is 32.2. The van der Waals surface area contributed by atoms with Gasteiger partial charge in [0.2, 0.25) is 5.16 Å². The number of benzene rings is 1. The number of aryl methyl sites for hydroxylation is 2. The number of carbonyl (C=O) groups excluding carboxylic acids is 2. The number of hydrogen-bond donors (Lipinski definition) is 2. The number of rotatable bonds is 8. The molecular weight excluding hydrogens is 404 g/mol. The van der Waals surface area contributed by atoms with E-state index in [1.54, 1.807) is 17.5 Å². The van der Waals surface area contributed by atoms with Gasteiger partial charge in [0.1, 0.15) is 0 Å². The van der Waals surface area contributed by atoms with Crippen molar-refractivity contribution in [2.45, 2.75) is 31.7 Å². The Morgan fingerprint density at radius 1 is 1.13 bits per heavy atom. The first-order chi connectivity index (χ1) is 14.5. The topological polar surface area (TPSA) is 111 Å². The number of nitrogens with zero attached hydrogens (tertiary/aromatic N) is 4. The van der Waals surface area contributed by atoms with Crippen LogP contribution in [-0.2, 0) is 10.5 Å². The van der Waals surface area contributed by atoms with Gasteiger partial charge in [0.15, 0.2) is 0 Å². The molecule has 30 heavy (non-hydrogen) atoms. The molecule has 3 rings (SSSR count). The van der Waals surface area contributed by atoms with Crippen LogP contribution in [0.5, 0.6) is 0 Å². The molecule has 0 unspecified atom stereocenters. The zero-order valence-corrected chi connectivity index (χ0v) is 18.0. The maximum atomic E-state index is 12.6. The third-order valence-electron chi connectivity index (χ3n) is 4.17. The number of carbonyl (C=O) groups is 2. The molecule has 0 atom stereocenters. The van der Waals surface area contributed by atoms with Crippen molar-refractivity contribution in [3.8, 4) is 0 Å². The molecule has 0 spiro atoms. The second-order valence-corrected chi connectivity index (χ2v) is 7.44. The lowest BCUT2D eigenvalue weighted by Crippen LogP contribution is -2.35. The summed E-state index contributed by atoms with van der Waals surface area (Å²) in [5.74, 6) is 0.905. The van der Waals surface area contributed by atoms with Crippen LogP contribution in [0.4, 0.5) is 4.79 Å². The summed E-state index contributed by atoms with van der Waals surface area (Å²) in [6.45, 7) is 6.51. The first-order valence-corrected chi connectivity index (χ1v) is 10.6. The van der Waals surface area contributed by atoms with Crippen LogP contribution in [0.2, 0.25) is 0 Å². The number of amides is 2. The Morgan fingerprint density at radius 2 is 1.90 bits per heavy atom. The molecule has 2 heterocycles. The fraction of sp³-hybridized carbons (Fsp3) is 0.350. The molecular formula is C20H24N6O3S. The van der Waals surface area contributed by atoms with Gasteiger partial charge in [-0.1, -0.05) is 30.0 Å². The van der Waals surface area contributed by atoms with E-state index in [2.05, 4.69) is 25.7 Å². The lowest BCUT2D eigenvalue weighted by atomic mass is 10.1. The van der Waals surface area contributed by atoms with Crippen LogP contribution in [0.3, 0.4) is 0 Å². The maximum Gasteiger partial charge on any atom is 0.407 e. The van der Waals surface area contributed by atoms with Gasteiger partial charge in [0, 0.05) is 35.8 Å². The van der Waals surface area contributed by atoms with Gasteiger partial charge in [-0.3, -0.25) is 4.79 Å². The molecule has 0 aliphatic carbocycles. The molecule has 9 nitrogen and oxygen atoms in total. The summed E-state index contributed by atoms with van der Waals surface area (Å²) >= 11 is 1.45. The molecule has 0 radical (unpaired) electrons. The zero-order chi connectivity index (χ0) is 21.5.